The molecule has 0 aliphatic heterocycles. The van der Waals surface area contributed by atoms with Crippen molar-refractivity contribution >= 4 is 17.6 Å². The molecule has 2 N–H and O–H groups in total. The highest BCUT2D eigenvalue weighted by Gasteiger charge is 2.15. The predicted octanol–water partition coefficient (Wildman–Crippen LogP) is 1.74. The zero-order valence-corrected chi connectivity index (χ0v) is 9.31. The third-order valence-electron chi connectivity index (χ3n) is 2.01. The van der Waals surface area contributed by atoms with Gasteiger partial charge < -0.3 is 9.84 Å². The van der Waals surface area contributed by atoms with E-state index in [1.165, 1.54) is 0 Å². The van der Waals surface area contributed by atoms with E-state index in [1.807, 2.05) is 0 Å². The number of ether oxygens (including phenoxy) is 1. The molecule has 6 nitrogen and oxygen atoms in total. The molecule has 0 spiro atoms. The lowest BCUT2D eigenvalue weighted by atomic mass is 10.3. The summed E-state index contributed by atoms with van der Waals surface area (Å²) in [6.07, 6.45) is 0. The number of nitrogens with zero attached hydrogens (tertiary/aromatic N) is 2. The van der Waals surface area contributed by atoms with Crippen LogP contribution in [0.15, 0.2) is 24.3 Å². The molecule has 0 saturated carbocycles. The summed E-state index contributed by atoms with van der Waals surface area (Å²) in [7, 11) is 0. The van der Waals surface area contributed by atoms with Crippen LogP contribution in [0.25, 0.3) is 0 Å². The van der Waals surface area contributed by atoms with Crippen LogP contribution in [0.3, 0.4) is 0 Å². The number of rotatable bonds is 4. The number of nitrogens with one attached hydrogen (secondary N) is 1. The van der Waals surface area contributed by atoms with Crippen LogP contribution in [0.2, 0.25) is 5.02 Å². The van der Waals surface area contributed by atoms with Crippen molar-refractivity contribution < 1.29 is 14.6 Å². The maximum atomic E-state index is 10.7. The van der Waals surface area contributed by atoms with Crippen LogP contribution >= 0.6 is 11.6 Å². The summed E-state index contributed by atoms with van der Waals surface area (Å²) < 4.78 is 5.35. The number of halogens is 1. The fourth-order valence-electron chi connectivity index (χ4n) is 1.21. The number of aromatic nitrogens is 3. The molecule has 0 atom stereocenters. The van der Waals surface area contributed by atoms with Crippen molar-refractivity contribution in [1.29, 1.82) is 0 Å². The number of hydrogen-bond acceptors (Lipinski definition) is 4. The number of benzene rings is 1. The normalized spacial score (nSPS) is 10.2. The van der Waals surface area contributed by atoms with Gasteiger partial charge in [0.2, 0.25) is 0 Å². The van der Waals surface area contributed by atoms with E-state index in [0.717, 1.165) is 0 Å². The average Bonchev–Trinajstić information content (AvgIpc) is 2.76. The van der Waals surface area contributed by atoms with Gasteiger partial charge in [-0.25, -0.2) is 4.79 Å². The number of aromatic carboxylic acids is 1. The van der Waals surface area contributed by atoms with Gasteiger partial charge in [0, 0.05) is 5.02 Å². The minimum absolute atomic E-state index is 0.0275. The van der Waals surface area contributed by atoms with Gasteiger partial charge in [-0.2, -0.15) is 10.3 Å². The van der Waals surface area contributed by atoms with E-state index in [9.17, 15) is 4.79 Å². The molecule has 88 valence electrons. The van der Waals surface area contributed by atoms with Gasteiger partial charge in [0.25, 0.3) is 0 Å². The van der Waals surface area contributed by atoms with Crippen LogP contribution in [-0.4, -0.2) is 26.5 Å². The summed E-state index contributed by atoms with van der Waals surface area (Å²) in [6.45, 7) is 0.0275. The predicted molar refractivity (Wildman–Crippen MR) is 59.1 cm³/mol. The Balaban J connectivity index is 2.05. The van der Waals surface area contributed by atoms with Crippen molar-refractivity contribution in [3.8, 4) is 5.75 Å². The zero-order chi connectivity index (χ0) is 12.3. The number of carboxylic acids is 1. The van der Waals surface area contributed by atoms with E-state index < -0.39 is 5.97 Å². The molecule has 7 heteroatoms. The second-order valence-electron chi connectivity index (χ2n) is 3.17. The van der Waals surface area contributed by atoms with Gasteiger partial charge >= 0.3 is 5.97 Å². The van der Waals surface area contributed by atoms with Crippen molar-refractivity contribution in [1.82, 2.24) is 15.4 Å². The first-order valence-corrected chi connectivity index (χ1v) is 5.06. The van der Waals surface area contributed by atoms with Crippen molar-refractivity contribution in [3.05, 3.63) is 40.7 Å². The third-order valence-corrected chi connectivity index (χ3v) is 2.26. The highest BCUT2D eigenvalue weighted by Crippen LogP contribution is 2.16. The van der Waals surface area contributed by atoms with Crippen LogP contribution in [0, 0.1) is 0 Å². The Bertz CT molecular complexity index is 524. The Labute approximate surface area is 101 Å². The molecule has 2 aromatic rings. The molecule has 0 radical (unpaired) electrons. The molecule has 0 unspecified atom stereocenters. The molecule has 2 rings (SSSR count). The number of aromatic amines is 1. The van der Waals surface area contributed by atoms with Crippen molar-refractivity contribution in [2.24, 2.45) is 0 Å². The number of carbonyl (C=O) groups is 1. The van der Waals surface area contributed by atoms with Crippen LogP contribution < -0.4 is 4.74 Å². The van der Waals surface area contributed by atoms with E-state index >= 15 is 0 Å². The summed E-state index contributed by atoms with van der Waals surface area (Å²) in [6, 6.07) is 6.72. The summed E-state index contributed by atoms with van der Waals surface area (Å²) in [4.78, 5) is 10.7. The Morgan fingerprint density at radius 2 is 2.06 bits per heavy atom. The van der Waals surface area contributed by atoms with Crippen LogP contribution in [0.5, 0.6) is 5.75 Å². The van der Waals surface area contributed by atoms with Gasteiger partial charge in [-0.05, 0) is 24.3 Å². The van der Waals surface area contributed by atoms with Crippen molar-refractivity contribution in [2.75, 3.05) is 0 Å². The fourth-order valence-corrected chi connectivity index (χ4v) is 1.33. The van der Waals surface area contributed by atoms with E-state index in [2.05, 4.69) is 15.4 Å². The van der Waals surface area contributed by atoms with E-state index in [-0.39, 0.29) is 18.0 Å². The standard InChI is InChI=1S/C10H8ClN3O3/c11-6-1-3-7(4-2-6)17-5-8-9(10(15)16)13-14-12-8/h1-4H,5H2,(H,15,16)(H,12,13,14). The average molecular weight is 254 g/mol. The van der Waals surface area contributed by atoms with Gasteiger partial charge in [-0.3, -0.25) is 0 Å². The highest BCUT2D eigenvalue weighted by molar-refractivity contribution is 6.30. The first kappa shape index (κ1) is 11.4. The lowest BCUT2D eigenvalue weighted by molar-refractivity contribution is 0.0687. The Morgan fingerprint density at radius 3 is 2.71 bits per heavy atom. The van der Waals surface area contributed by atoms with Crippen LogP contribution in [-0.2, 0) is 6.61 Å². The molecule has 0 fully saturated rings. The number of carboxylic acid groups (broad SMARTS) is 1. The molecule has 1 heterocycles. The molecule has 1 aromatic carbocycles. The largest absolute Gasteiger partial charge is 0.487 e. The molecule has 0 aliphatic rings. The van der Waals surface area contributed by atoms with Crippen LogP contribution in [0.1, 0.15) is 16.2 Å². The molecule has 0 amide bonds. The maximum Gasteiger partial charge on any atom is 0.358 e. The molecular formula is C10H8ClN3O3. The van der Waals surface area contributed by atoms with Gasteiger partial charge in [-0.15, -0.1) is 5.10 Å². The zero-order valence-electron chi connectivity index (χ0n) is 8.55. The van der Waals surface area contributed by atoms with Gasteiger partial charge in [0.05, 0.1) is 0 Å². The SMILES string of the molecule is O=C(O)c1n[nH]nc1COc1ccc(Cl)cc1. The highest BCUT2D eigenvalue weighted by atomic mass is 35.5. The Hall–Kier alpha value is -2.08. The molecular weight excluding hydrogens is 246 g/mol. The Morgan fingerprint density at radius 1 is 1.35 bits per heavy atom. The Kier molecular flexibility index (Phi) is 3.24. The molecule has 1 aromatic heterocycles. The van der Waals surface area contributed by atoms with Gasteiger partial charge in [0.15, 0.2) is 5.69 Å². The van der Waals surface area contributed by atoms with Crippen molar-refractivity contribution in [3.63, 3.8) is 0 Å². The fraction of sp³-hybridized carbons (Fsp3) is 0.100. The topological polar surface area (TPSA) is 88.1 Å². The van der Waals surface area contributed by atoms with Crippen molar-refractivity contribution in [2.45, 2.75) is 6.61 Å². The van der Waals surface area contributed by atoms with Gasteiger partial charge in [-0.1, -0.05) is 11.6 Å². The summed E-state index contributed by atoms with van der Waals surface area (Å²) >= 11 is 5.72. The summed E-state index contributed by atoms with van der Waals surface area (Å²) in [5.74, 6) is -0.567. The first-order chi connectivity index (χ1) is 8.16. The number of H-pyrrole nitrogens is 1. The molecule has 0 saturated heterocycles. The first-order valence-electron chi connectivity index (χ1n) is 4.68. The second-order valence-corrected chi connectivity index (χ2v) is 3.60. The maximum absolute atomic E-state index is 10.7. The lowest BCUT2D eigenvalue weighted by Gasteiger charge is -2.03. The molecule has 17 heavy (non-hydrogen) atoms. The second kappa shape index (κ2) is 4.84. The van der Waals surface area contributed by atoms with E-state index in [4.69, 9.17) is 21.4 Å². The molecule has 0 bridgehead atoms. The monoisotopic (exact) mass is 253 g/mol. The van der Waals surface area contributed by atoms with E-state index in [0.29, 0.717) is 10.8 Å². The number of hydrogen-bond donors (Lipinski definition) is 2. The minimum Gasteiger partial charge on any atom is -0.487 e. The minimum atomic E-state index is -1.14. The lowest BCUT2D eigenvalue weighted by Crippen LogP contribution is -2.05. The van der Waals surface area contributed by atoms with Crippen LogP contribution in [0.4, 0.5) is 0 Å². The van der Waals surface area contributed by atoms with E-state index in [1.54, 1.807) is 24.3 Å². The molecule has 0 aliphatic carbocycles. The summed E-state index contributed by atoms with van der Waals surface area (Å²) in [5, 5.41) is 18.8. The third kappa shape index (κ3) is 2.73. The quantitative estimate of drug-likeness (QED) is 0.866. The smallest absolute Gasteiger partial charge is 0.358 e. The summed E-state index contributed by atoms with van der Waals surface area (Å²) in [5.41, 5.74) is 0.103. The van der Waals surface area contributed by atoms with Gasteiger partial charge in [0.1, 0.15) is 18.1 Å².